The highest BCUT2D eigenvalue weighted by Crippen LogP contribution is 2.37. The number of hydrogen-bond acceptors (Lipinski definition) is 3. The number of sulfonamides is 1. The summed E-state index contributed by atoms with van der Waals surface area (Å²) in [5.74, 6) is 1.31. The van der Waals surface area contributed by atoms with Gasteiger partial charge in [-0.3, -0.25) is 0 Å². The first-order valence-electron chi connectivity index (χ1n) is 6.34. The Kier molecular flexibility index (Phi) is 4.16. The van der Waals surface area contributed by atoms with E-state index in [1.165, 1.54) is 16.8 Å². The van der Waals surface area contributed by atoms with Gasteiger partial charge in [-0.15, -0.1) is 12.3 Å². The predicted molar refractivity (Wildman–Crippen MR) is 72.9 cm³/mol. The minimum Gasteiger partial charge on any atom is -0.477 e. The molecule has 20 heavy (non-hydrogen) atoms. The minimum atomic E-state index is -3.68. The molecule has 1 aliphatic carbocycles. The Morgan fingerprint density at radius 2 is 2.25 bits per heavy atom. The summed E-state index contributed by atoms with van der Waals surface area (Å²) < 4.78 is 28.1. The summed E-state index contributed by atoms with van der Waals surface area (Å²) in [6, 6.07) is 1.30. The molecule has 0 amide bonds. The van der Waals surface area contributed by atoms with Gasteiger partial charge in [0.25, 0.3) is 0 Å². The van der Waals surface area contributed by atoms with Crippen LogP contribution in [0, 0.1) is 12.3 Å². The number of aromatic carboxylic acids is 1. The predicted octanol–water partition coefficient (Wildman–Crippen LogP) is 1.21. The van der Waals surface area contributed by atoms with Crippen LogP contribution >= 0.6 is 0 Å². The number of hydrogen-bond donors (Lipinski definition) is 2. The van der Waals surface area contributed by atoms with Crippen LogP contribution in [0.25, 0.3) is 0 Å². The average molecular weight is 296 g/mol. The Labute approximate surface area is 117 Å². The molecule has 1 aliphatic rings. The molecule has 2 N–H and O–H groups in total. The van der Waals surface area contributed by atoms with E-state index < -0.39 is 16.0 Å². The molecule has 1 fully saturated rings. The largest absolute Gasteiger partial charge is 0.477 e. The molecule has 2 rings (SSSR count). The van der Waals surface area contributed by atoms with Crippen LogP contribution in [-0.2, 0) is 10.0 Å². The van der Waals surface area contributed by atoms with E-state index in [2.05, 4.69) is 10.6 Å². The van der Waals surface area contributed by atoms with Gasteiger partial charge >= 0.3 is 5.97 Å². The van der Waals surface area contributed by atoms with Crippen molar-refractivity contribution in [2.45, 2.75) is 36.6 Å². The number of carbonyl (C=O) groups is 1. The van der Waals surface area contributed by atoms with Crippen LogP contribution in [0.3, 0.4) is 0 Å². The monoisotopic (exact) mass is 296 g/mol. The lowest BCUT2D eigenvalue weighted by molar-refractivity contribution is 0.0685. The van der Waals surface area contributed by atoms with Gasteiger partial charge < -0.3 is 9.67 Å². The van der Waals surface area contributed by atoms with E-state index in [-0.39, 0.29) is 23.2 Å². The summed E-state index contributed by atoms with van der Waals surface area (Å²) in [7, 11) is -3.68. The zero-order valence-corrected chi connectivity index (χ0v) is 11.7. The number of unbranched alkanes of at least 4 members (excludes halogenated alkanes) is 1. The zero-order chi connectivity index (χ0) is 14.8. The lowest BCUT2D eigenvalue weighted by Gasteiger charge is -2.03. The fourth-order valence-corrected chi connectivity index (χ4v) is 3.01. The third-order valence-corrected chi connectivity index (χ3v) is 4.51. The van der Waals surface area contributed by atoms with E-state index in [0.29, 0.717) is 12.8 Å². The molecular formula is C13H16N2O4S. The van der Waals surface area contributed by atoms with Crippen molar-refractivity contribution < 1.29 is 18.3 Å². The highest BCUT2D eigenvalue weighted by molar-refractivity contribution is 7.89. The quantitative estimate of drug-likeness (QED) is 0.585. The molecule has 0 atom stereocenters. The summed E-state index contributed by atoms with van der Waals surface area (Å²) in [6.07, 6.45) is 9.28. The Hall–Kier alpha value is -1.78. The zero-order valence-electron chi connectivity index (χ0n) is 10.9. The third-order valence-electron chi connectivity index (χ3n) is 3.08. The van der Waals surface area contributed by atoms with E-state index in [9.17, 15) is 13.2 Å². The van der Waals surface area contributed by atoms with E-state index in [1.807, 2.05) is 0 Å². The first kappa shape index (κ1) is 14.6. The first-order valence-corrected chi connectivity index (χ1v) is 7.82. The maximum absolute atomic E-state index is 12.1. The van der Waals surface area contributed by atoms with Crippen molar-refractivity contribution in [3.63, 3.8) is 0 Å². The molecule has 0 unspecified atom stereocenters. The van der Waals surface area contributed by atoms with Crippen molar-refractivity contribution in [2.75, 3.05) is 6.54 Å². The Morgan fingerprint density at radius 1 is 1.55 bits per heavy atom. The molecule has 0 aliphatic heterocycles. The van der Waals surface area contributed by atoms with E-state index >= 15 is 0 Å². The maximum Gasteiger partial charge on any atom is 0.352 e. The van der Waals surface area contributed by atoms with E-state index in [1.54, 1.807) is 0 Å². The molecule has 7 heteroatoms. The van der Waals surface area contributed by atoms with Crippen molar-refractivity contribution in [3.8, 4) is 12.3 Å². The van der Waals surface area contributed by atoms with Gasteiger partial charge in [0, 0.05) is 25.2 Å². The van der Waals surface area contributed by atoms with Crippen LogP contribution < -0.4 is 4.72 Å². The van der Waals surface area contributed by atoms with Gasteiger partial charge in [0.2, 0.25) is 10.0 Å². The van der Waals surface area contributed by atoms with Crippen LogP contribution in [0.5, 0.6) is 0 Å². The topological polar surface area (TPSA) is 88.4 Å². The maximum atomic E-state index is 12.1. The second-order valence-electron chi connectivity index (χ2n) is 4.71. The Morgan fingerprint density at radius 3 is 2.80 bits per heavy atom. The Bertz CT molecular complexity index is 650. The fourth-order valence-electron chi connectivity index (χ4n) is 1.91. The molecule has 0 aromatic carbocycles. The summed E-state index contributed by atoms with van der Waals surface area (Å²) in [4.78, 5) is 11.1. The van der Waals surface area contributed by atoms with E-state index in [4.69, 9.17) is 11.5 Å². The van der Waals surface area contributed by atoms with Gasteiger partial charge in [0.1, 0.15) is 10.6 Å². The SMILES string of the molecule is C#CCCCNS(=O)(=O)c1cc(C(=O)O)n(C2CC2)c1. The van der Waals surface area contributed by atoms with Gasteiger partial charge in [-0.2, -0.15) is 0 Å². The number of terminal acetylenes is 1. The van der Waals surface area contributed by atoms with Crippen LogP contribution in [0.2, 0.25) is 0 Å². The molecule has 1 saturated carbocycles. The molecule has 0 spiro atoms. The number of rotatable bonds is 7. The minimum absolute atomic E-state index is 0.0106. The average Bonchev–Trinajstić information content (AvgIpc) is 3.12. The molecule has 1 aromatic heterocycles. The molecule has 1 aromatic rings. The Balaban J connectivity index is 2.17. The van der Waals surface area contributed by atoms with Crippen LogP contribution in [0.1, 0.15) is 42.2 Å². The molecule has 0 saturated heterocycles. The normalized spacial score (nSPS) is 14.9. The molecule has 6 nitrogen and oxygen atoms in total. The highest BCUT2D eigenvalue weighted by atomic mass is 32.2. The first-order chi connectivity index (χ1) is 9.45. The van der Waals surface area contributed by atoms with Gasteiger partial charge in [-0.25, -0.2) is 17.9 Å². The van der Waals surface area contributed by atoms with Gasteiger partial charge in [-0.1, -0.05) is 0 Å². The molecule has 0 radical (unpaired) electrons. The lowest BCUT2D eigenvalue weighted by Crippen LogP contribution is -2.24. The second kappa shape index (κ2) is 5.69. The lowest BCUT2D eigenvalue weighted by atomic mass is 10.3. The van der Waals surface area contributed by atoms with Gasteiger partial charge in [0.05, 0.1) is 0 Å². The van der Waals surface area contributed by atoms with Gasteiger partial charge in [-0.05, 0) is 25.3 Å². The molecule has 108 valence electrons. The van der Waals surface area contributed by atoms with Crippen LogP contribution in [-0.4, -0.2) is 30.6 Å². The number of carboxylic acid groups (broad SMARTS) is 1. The van der Waals surface area contributed by atoms with Crippen molar-refractivity contribution in [2.24, 2.45) is 0 Å². The second-order valence-corrected chi connectivity index (χ2v) is 6.48. The van der Waals surface area contributed by atoms with Crippen molar-refractivity contribution in [1.82, 2.24) is 9.29 Å². The summed E-state index contributed by atoms with van der Waals surface area (Å²) in [5, 5.41) is 9.11. The standard InChI is InChI=1S/C13H16N2O4S/c1-2-3-4-7-14-20(18,19)11-8-12(13(16)17)15(9-11)10-5-6-10/h1,8-10,14H,3-7H2,(H,16,17). The fraction of sp³-hybridized carbons (Fsp3) is 0.462. The number of carboxylic acids is 1. The van der Waals surface area contributed by atoms with Gasteiger partial charge in [0.15, 0.2) is 0 Å². The molecule has 1 heterocycles. The molecular weight excluding hydrogens is 280 g/mol. The highest BCUT2D eigenvalue weighted by Gasteiger charge is 2.30. The summed E-state index contributed by atoms with van der Waals surface area (Å²) in [6.45, 7) is 0.240. The van der Waals surface area contributed by atoms with Crippen LogP contribution in [0.4, 0.5) is 0 Å². The number of nitrogens with one attached hydrogen (secondary N) is 1. The van der Waals surface area contributed by atoms with Crippen molar-refractivity contribution in [3.05, 3.63) is 18.0 Å². The molecule has 0 bridgehead atoms. The number of aromatic nitrogens is 1. The summed E-state index contributed by atoms with van der Waals surface area (Å²) in [5.41, 5.74) is 0.0106. The van der Waals surface area contributed by atoms with Crippen molar-refractivity contribution in [1.29, 1.82) is 0 Å². The third kappa shape index (κ3) is 3.21. The smallest absolute Gasteiger partial charge is 0.352 e. The number of nitrogens with zero attached hydrogens (tertiary/aromatic N) is 1. The van der Waals surface area contributed by atoms with E-state index in [0.717, 1.165) is 12.8 Å². The van der Waals surface area contributed by atoms with Crippen LogP contribution in [0.15, 0.2) is 17.2 Å². The van der Waals surface area contributed by atoms with Crippen molar-refractivity contribution >= 4 is 16.0 Å². The summed E-state index contributed by atoms with van der Waals surface area (Å²) >= 11 is 0.